The van der Waals surface area contributed by atoms with Crippen LogP contribution in [0.1, 0.15) is 28.3 Å². The summed E-state index contributed by atoms with van der Waals surface area (Å²) in [5.41, 5.74) is 7.44. The van der Waals surface area contributed by atoms with Crippen LogP contribution in [0.5, 0.6) is 0 Å². The van der Waals surface area contributed by atoms with Crippen molar-refractivity contribution in [3.05, 3.63) is 28.3 Å². The molecule has 0 saturated heterocycles. The van der Waals surface area contributed by atoms with E-state index >= 15 is 0 Å². The molecule has 0 fully saturated rings. The summed E-state index contributed by atoms with van der Waals surface area (Å²) >= 11 is 0. The lowest BCUT2D eigenvalue weighted by Gasteiger charge is -2.03. The topological polar surface area (TPSA) is 51.8 Å². The van der Waals surface area contributed by atoms with Crippen LogP contribution in [0.25, 0.3) is 22.2 Å². The Morgan fingerprint density at radius 2 is 1.33 bits per heavy atom. The highest BCUT2D eigenvalue weighted by Crippen LogP contribution is 2.31. The predicted molar refractivity (Wildman–Crippen MR) is 70.8 cm³/mol. The lowest BCUT2D eigenvalue weighted by molar-refractivity contribution is 0.656. The maximum absolute atomic E-state index is 5.92. The Labute approximate surface area is 105 Å². The SMILES string of the molecule is Cc1nc(C)c2oc3c(C)c(C)c(C)nc3c2n1. The van der Waals surface area contributed by atoms with Crippen LogP contribution >= 0.6 is 0 Å². The zero-order valence-corrected chi connectivity index (χ0v) is 11.2. The van der Waals surface area contributed by atoms with Gasteiger partial charge < -0.3 is 4.42 Å². The van der Waals surface area contributed by atoms with E-state index in [9.17, 15) is 0 Å². The first kappa shape index (κ1) is 11.1. The Kier molecular flexibility index (Phi) is 2.17. The summed E-state index contributed by atoms with van der Waals surface area (Å²) in [6, 6.07) is 0. The van der Waals surface area contributed by atoms with Gasteiger partial charge in [0.25, 0.3) is 0 Å². The molecule has 3 heterocycles. The minimum atomic E-state index is 0.746. The second-order valence-electron chi connectivity index (χ2n) is 4.76. The van der Waals surface area contributed by atoms with Crippen LogP contribution in [0.2, 0.25) is 0 Å². The van der Waals surface area contributed by atoms with Gasteiger partial charge in [-0.05, 0) is 45.7 Å². The lowest BCUT2D eigenvalue weighted by atomic mass is 10.1. The number of fused-ring (bicyclic) bond motifs is 3. The predicted octanol–water partition coefficient (Wildman–Crippen LogP) is 3.31. The number of aryl methyl sites for hydroxylation is 4. The molecule has 4 heteroatoms. The molecule has 18 heavy (non-hydrogen) atoms. The Balaban J connectivity index is 2.60. The quantitative estimate of drug-likeness (QED) is 0.606. The summed E-state index contributed by atoms with van der Waals surface area (Å²) in [6.07, 6.45) is 0. The smallest absolute Gasteiger partial charge is 0.176 e. The van der Waals surface area contributed by atoms with Gasteiger partial charge in [0.15, 0.2) is 11.2 Å². The van der Waals surface area contributed by atoms with Gasteiger partial charge in [0.1, 0.15) is 16.9 Å². The maximum Gasteiger partial charge on any atom is 0.176 e. The summed E-state index contributed by atoms with van der Waals surface area (Å²) in [7, 11) is 0. The molecule has 0 radical (unpaired) electrons. The summed E-state index contributed by atoms with van der Waals surface area (Å²) < 4.78 is 5.92. The number of aromatic nitrogens is 3. The highest BCUT2D eigenvalue weighted by molar-refractivity contribution is 6.01. The van der Waals surface area contributed by atoms with Crippen molar-refractivity contribution in [2.24, 2.45) is 0 Å². The van der Waals surface area contributed by atoms with Crippen LogP contribution in [0, 0.1) is 34.6 Å². The average Bonchev–Trinajstić information content (AvgIpc) is 2.66. The van der Waals surface area contributed by atoms with Gasteiger partial charge in [0.05, 0.1) is 5.69 Å². The van der Waals surface area contributed by atoms with Crippen molar-refractivity contribution < 1.29 is 4.42 Å². The Morgan fingerprint density at radius 1 is 0.667 bits per heavy atom. The van der Waals surface area contributed by atoms with Gasteiger partial charge in [-0.3, -0.25) is 0 Å². The van der Waals surface area contributed by atoms with Crippen molar-refractivity contribution in [3.8, 4) is 0 Å². The van der Waals surface area contributed by atoms with Gasteiger partial charge in [-0.25, -0.2) is 15.0 Å². The van der Waals surface area contributed by atoms with Gasteiger partial charge >= 0.3 is 0 Å². The Bertz CT molecular complexity index is 787. The van der Waals surface area contributed by atoms with Gasteiger partial charge in [-0.2, -0.15) is 0 Å². The first-order chi connectivity index (χ1) is 8.49. The number of hydrogen-bond donors (Lipinski definition) is 0. The number of nitrogens with zero attached hydrogens (tertiary/aromatic N) is 3. The zero-order chi connectivity index (χ0) is 13.0. The van der Waals surface area contributed by atoms with E-state index in [0.29, 0.717) is 0 Å². The van der Waals surface area contributed by atoms with Gasteiger partial charge in [-0.1, -0.05) is 0 Å². The zero-order valence-electron chi connectivity index (χ0n) is 11.2. The molecule has 0 saturated carbocycles. The largest absolute Gasteiger partial charge is 0.450 e. The van der Waals surface area contributed by atoms with Crippen molar-refractivity contribution in [1.82, 2.24) is 15.0 Å². The molecule has 0 aliphatic carbocycles. The molecule has 0 unspecified atom stereocenters. The molecule has 0 amide bonds. The normalized spacial score (nSPS) is 11.6. The first-order valence-corrected chi connectivity index (χ1v) is 6.00. The van der Waals surface area contributed by atoms with Crippen molar-refractivity contribution in [2.45, 2.75) is 34.6 Å². The van der Waals surface area contributed by atoms with Gasteiger partial charge in [0, 0.05) is 5.69 Å². The van der Waals surface area contributed by atoms with Gasteiger partial charge in [0.2, 0.25) is 0 Å². The van der Waals surface area contributed by atoms with Crippen molar-refractivity contribution >= 4 is 22.2 Å². The second kappa shape index (κ2) is 3.51. The second-order valence-corrected chi connectivity index (χ2v) is 4.76. The van der Waals surface area contributed by atoms with Crippen LogP contribution in [0.4, 0.5) is 0 Å². The van der Waals surface area contributed by atoms with E-state index in [-0.39, 0.29) is 0 Å². The molecule has 0 atom stereocenters. The highest BCUT2D eigenvalue weighted by Gasteiger charge is 2.17. The van der Waals surface area contributed by atoms with E-state index in [1.165, 1.54) is 5.56 Å². The molecule has 4 nitrogen and oxygen atoms in total. The molecule has 3 aromatic rings. The lowest BCUT2D eigenvalue weighted by Crippen LogP contribution is -1.93. The molecule has 0 bridgehead atoms. The van der Waals surface area contributed by atoms with Crippen LogP contribution in [-0.2, 0) is 0 Å². The van der Waals surface area contributed by atoms with Gasteiger partial charge in [-0.15, -0.1) is 0 Å². The van der Waals surface area contributed by atoms with E-state index in [4.69, 9.17) is 4.42 Å². The maximum atomic E-state index is 5.92. The molecule has 0 aliphatic heterocycles. The van der Waals surface area contributed by atoms with E-state index in [1.54, 1.807) is 0 Å². The molecule has 3 rings (SSSR count). The van der Waals surface area contributed by atoms with Crippen LogP contribution in [-0.4, -0.2) is 15.0 Å². The molecule has 0 aliphatic rings. The molecule has 92 valence electrons. The summed E-state index contributed by atoms with van der Waals surface area (Å²) in [5.74, 6) is 0.750. The van der Waals surface area contributed by atoms with Crippen LogP contribution < -0.4 is 0 Å². The third kappa shape index (κ3) is 1.35. The molecule has 3 aromatic heterocycles. The monoisotopic (exact) mass is 241 g/mol. The molecule has 0 N–H and O–H groups in total. The van der Waals surface area contributed by atoms with Crippen molar-refractivity contribution in [3.63, 3.8) is 0 Å². The molecule has 0 aromatic carbocycles. The van der Waals surface area contributed by atoms with Crippen LogP contribution in [0.15, 0.2) is 4.42 Å². The number of furan rings is 1. The third-order valence-electron chi connectivity index (χ3n) is 3.52. The van der Waals surface area contributed by atoms with Crippen molar-refractivity contribution in [1.29, 1.82) is 0 Å². The fourth-order valence-corrected chi connectivity index (χ4v) is 2.29. The van der Waals surface area contributed by atoms with E-state index in [1.807, 2.05) is 20.8 Å². The average molecular weight is 241 g/mol. The van der Waals surface area contributed by atoms with E-state index < -0.39 is 0 Å². The third-order valence-corrected chi connectivity index (χ3v) is 3.52. The number of pyridine rings is 1. The fraction of sp³-hybridized carbons (Fsp3) is 0.357. The van der Waals surface area contributed by atoms with Crippen molar-refractivity contribution in [2.75, 3.05) is 0 Å². The molecular weight excluding hydrogens is 226 g/mol. The van der Waals surface area contributed by atoms with E-state index in [2.05, 4.69) is 28.8 Å². The standard InChI is InChI=1S/C14H15N3O/c1-6-7(2)13-11(16-8(6)3)12-14(18-13)9(4)15-10(5)17-12/h1-5H3. The minimum absolute atomic E-state index is 0.746. The summed E-state index contributed by atoms with van der Waals surface area (Å²) in [4.78, 5) is 13.4. The molecule has 0 spiro atoms. The van der Waals surface area contributed by atoms with E-state index in [0.717, 1.165) is 45.0 Å². The van der Waals surface area contributed by atoms with Crippen LogP contribution in [0.3, 0.4) is 0 Å². The minimum Gasteiger partial charge on any atom is -0.450 e. The fourth-order valence-electron chi connectivity index (χ4n) is 2.29. The number of rotatable bonds is 0. The Morgan fingerprint density at radius 3 is 2.06 bits per heavy atom. The molecular formula is C14H15N3O. The summed E-state index contributed by atoms with van der Waals surface area (Å²) in [5, 5.41) is 0. The summed E-state index contributed by atoms with van der Waals surface area (Å²) in [6.45, 7) is 9.97. The first-order valence-electron chi connectivity index (χ1n) is 6.00. The highest BCUT2D eigenvalue weighted by atomic mass is 16.3. The Hall–Kier alpha value is -1.97. The number of hydrogen-bond acceptors (Lipinski definition) is 4.